The smallest absolute Gasteiger partial charge is 0.320 e. The van der Waals surface area contributed by atoms with E-state index in [-0.39, 0.29) is 21.7 Å². The molecule has 4 heteroatoms. The Kier molecular flexibility index (Phi) is 7.54. The van der Waals surface area contributed by atoms with E-state index in [0.29, 0.717) is 12.3 Å². The summed E-state index contributed by atoms with van der Waals surface area (Å²) >= 11 is 0. The second kappa shape index (κ2) is 5.89. The average molecular weight is 179 g/mol. The minimum Gasteiger partial charge on any atom is -0.480 e. The van der Waals surface area contributed by atoms with Crippen molar-refractivity contribution in [2.24, 2.45) is 11.7 Å². The first kappa shape index (κ1) is 12.8. The molecule has 58 valence electrons. The summed E-state index contributed by atoms with van der Waals surface area (Å²) in [6.45, 7) is 3.89. The summed E-state index contributed by atoms with van der Waals surface area (Å²) in [5.74, 6) is -0.556. The molecule has 0 aromatic rings. The molecular weight excluding hydrogens is 166 g/mol. The second-order valence-corrected chi connectivity index (χ2v) is 2.57. The third kappa shape index (κ3) is 6.27. The summed E-state index contributed by atoms with van der Waals surface area (Å²) < 4.78 is 0. The van der Waals surface area contributed by atoms with Crippen LogP contribution < -0.4 is 5.73 Å². The minimum atomic E-state index is -0.913. The molecule has 0 rings (SSSR count). The van der Waals surface area contributed by atoms with Gasteiger partial charge in [0, 0.05) is 21.7 Å². The van der Waals surface area contributed by atoms with Crippen molar-refractivity contribution in [1.29, 1.82) is 0 Å². The quantitative estimate of drug-likeness (QED) is 0.618. The van der Waals surface area contributed by atoms with Crippen LogP contribution in [0.1, 0.15) is 20.3 Å². The first-order chi connectivity index (χ1) is 4.04. The predicted molar refractivity (Wildman–Crippen MR) is 35.1 cm³/mol. The van der Waals surface area contributed by atoms with Gasteiger partial charge in [-0.2, -0.15) is 0 Å². The molecule has 0 saturated heterocycles. The van der Waals surface area contributed by atoms with Gasteiger partial charge in [0.25, 0.3) is 0 Å². The van der Waals surface area contributed by atoms with Crippen molar-refractivity contribution in [3.05, 3.63) is 0 Å². The number of carboxylic acids is 1. The molecule has 3 N–H and O–H groups in total. The zero-order chi connectivity index (χ0) is 7.44. The fourth-order valence-electron chi connectivity index (χ4n) is 0.609. The Morgan fingerprint density at radius 1 is 1.60 bits per heavy atom. The summed E-state index contributed by atoms with van der Waals surface area (Å²) in [5.41, 5.74) is 5.22. The van der Waals surface area contributed by atoms with Crippen LogP contribution >= 0.6 is 0 Å². The fourth-order valence-corrected chi connectivity index (χ4v) is 0.609. The zero-order valence-corrected chi connectivity index (χ0v) is 7.86. The molecular formula is C6H13NO2Ti. The number of rotatable bonds is 3. The van der Waals surface area contributed by atoms with Crippen molar-refractivity contribution >= 4 is 5.97 Å². The van der Waals surface area contributed by atoms with Gasteiger partial charge in [0.05, 0.1) is 0 Å². The van der Waals surface area contributed by atoms with Crippen LogP contribution in [0, 0.1) is 5.92 Å². The molecule has 0 amide bonds. The topological polar surface area (TPSA) is 63.3 Å². The summed E-state index contributed by atoms with van der Waals surface area (Å²) in [4.78, 5) is 10.1. The van der Waals surface area contributed by atoms with Gasteiger partial charge in [0.1, 0.15) is 6.04 Å². The van der Waals surface area contributed by atoms with E-state index in [4.69, 9.17) is 10.8 Å². The normalized spacial score (nSPS) is 12.4. The van der Waals surface area contributed by atoms with E-state index in [1.54, 1.807) is 0 Å². The van der Waals surface area contributed by atoms with Crippen LogP contribution in [0.3, 0.4) is 0 Å². The maximum Gasteiger partial charge on any atom is 0.320 e. The largest absolute Gasteiger partial charge is 0.480 e. The molecule has 0 radical (unpaired) electrons. The van der Waals surface area contributed by atoms with Gasteiger partial charge in [-0.15, -0.1) is 0 Å². The van der Waals surface area contributed by atoms with Crippen LogP contribution in [-0.2, 0) is 26.5 Å². The second-order valence-electron chi connectivity index (χ2n) is 2.57. The Labute approximate surface area is 75.9 Å². The van der Waals surface area contributed by atoms with Gasteiger partial charge < -0.3 is 10.8 Å². The Hall–Kier alpha value is 0.144. The number of aliphatic carboxylic acids is 1. The Bertz CT molecular complexity index is 106. The first-order valence-electron chi connectivity index (χ1n) is 3.02. The average Bonchev–Trinajstić information content (AvgIpc) is 1.63. The van der Waals surface area contributed by atoms with Crippen LogP contribution in [0.4, 0.5) is 0 Å². The standard InChI is InChI=1S/C6H13NO2.Ti/c1-4(2)3-5(7)6(8)9;/h4-5H,3,7H2,1-2H3,(H,8,9);. The number of hydrogen-bond donors (Lipinski definition) is 2. The fraction of sp³-hybridized carbons (Fsp3) is 0.833. The predicted octanol–water partition coefficient (Wildman–Crippen LogP) is 0.442. The summed E-state index contributed by atoms with van der Waals surface area (Å²) in [5, 5.41) is 8.31. The van der Waals surface area contributed by atoms with E-state index in [2.05, 4.69) is 0 Å². The molecule has 0 fully saturated rings. The third-order valence-electron chi connectivity index (χ3n) is 1.04. The van der Waals surface area contributed by atoms with Crippen molar-refractivity contribution in [3.8, 4) is 0 Å². The molecule has 0 aliphatic rings. The molecule has 10 heavy (non-hydrogen) atoms. The SMILES string of the molecule is CC(C)CC(N)C(=O)O.[Ti]. The van der Waals surface area contributed by atoms with Gasteiger partial charge in [-0.1, -0.05) is 13.8 Å². The van der Waals surface area contributed by atoms with Crippen LogP contribution in [-0.4, -0.2) is 17.1 Å². The van der Waals surface area contributed by atoms with E-state index < -0.39 is 12.0 Å². The minimum absolute atomic E-state index is 0. The first-order valence-corrected chi connectivity index (χ1v) is 3.02. The molecule has 0 aromatic heterocycles. The van der Waals surface area contributed by atoms with Crippen molar-refractivity contribution in [1.82, 2.24) is 0 Å². The van der Waals surface area contributed by atoms with Gasteiger partial charge >= 0.3 is 5.97 Å². The molecule has 3 nitrogen and oxygen atoms in total. The van der Waals surface area contributed by atoms with E-state index in [1.807, 2.05) is 13.8 Å². The van der Waals surface area contributed by atoms with Crippen LogP contribution in [0.5, 0.6) is 0 Å². The Morgan fingerprint density at radius 3 is 2.10 bits per heavy atom. The Morgan fingerprint density at radius 2 is 2.00 bits per heavy atom. The molecule has 0 bridgehead atoms. The molecule has 1 atom stereocenters. The number of carboxylic acid groups (broad SMARTS) is 1. The molecule has 0 spiro atoms. The van der Waals surface area contributed by atoms with Crippen molar-refractivity contribution in [2.75, 3.05) is 0 Å². The monoisotopic (exact) mass is 179 g/mol. The molecule has 1 unspecified atom stereocenters. The summed E-state index contributed by atoms with van der Waals surface area (Å²) in [7, 11) is 0. The van der Waals surface area contributed by atoms with Crippen LogP contribution in [0.15, 0.2) is 0 Å². The van der Waals surface area contributed by atoms with Crippen molar-refractivity contribution in [2.45, 2.75) is 26.3 Å². The molecule has 0 saturated carbocycles. The maximum atomic E-state index is 10.1. The number of carbonyl (C=O) groups is 1. The number of hydrogen-bond acceptors (Lipinski definition) is 2. The summed E-state index contributed by atoms with van der Waals surface area (Å²) in [6.07, 6.45) is 0.551. The van der Waals surface area contributed by atoms with Crippen LogP contribution in [0.25, 0.3) is 0 Å². The number of nitrogens with two attached hydrogens (primary N) is 1. The van der Waals surface area contributed by atoms with Gasteiger partial charge in [-0.05, 0) is 12.3 Å². The molecule has 0 heterocycles. The van der Waals surface area contributed by atoms with E-state index in [1.165, 1.54) is 0 Å². The Balaban J connectivity index is 0. The van der Waals surface area contributed by atoms with Crippen molar-refractivity contribution in [3.63, 3.8) is 0 Å². The van der Waals surface area contributed by atoms with Gasteiger partial charge in [-0.25, -0.2) is 0 Å². The maximum absolute atomic E-state index is 10.1. The van der Waals surface area contributed by atoms with E-state index in [0.717, 1.165) is 0 Å². The van der Waals surface area contributed by atoms with Gasteiger partial charge in [0.15, 0.2) is 0 Å². The molecule has 0 aliphatic heterocycles. The summed E-state index contributed by atoms with van der Waals surface area (Å²) in [6, 6.07) is -0.690. The van der Waals surface area contributed by atoms with E-state index >= 15 is 0 Å². The third-order valence-corrected chi connectivity index (χ3v) is 1.04. The molecule has 0 aliphatic carbocycles. The van der Waals surface area contributed by atoms with Crippen molar-refractivity contribution < 1.29 is 31.6 Å². The van der Waals surface area contributed by atoms with E-state index in [9.17, 15) is 4.79 Å². The van der Waals surface area contributed by atoms with Gasteiger partial charge in [0.2, 0.25) is 0 Å². The zero-order valence-electron chi connectivity index (χ0n) is 6.29. The van der Waals surface area contributed by atoms with Gasteiger partial charge in [-0.3, -0.25) is 4.79 Å². The molecule has 0 aromatic carbocycles. The van der Waals surface area contributed by atoms with Crippen LogP contribution in [0.2, 0.25) is 0 Å².